The second-order valence-corrected chi connectivity index (χ2v) is 11.4. The molecule has 1 aromatic heterocycles. The quantitative estimate of drug-likeness (QED) is 0.107. The van der Waals surface area contributed by atoms with Crippen LogP contribution in [0.4, 0.5) is 0 Å². The molecule has 11 nitrogen and oxygen atoms in total. The molecule has 1 heterocycles. The molecule has 4 amide bonds. The normalized spacial score (nSPS) is 19.5. The zero-order chi connectivity index (χ0) is 30.1. The molecule has 0 aliphatic heterocycles. The topological polar surface area (TPSA) is 186 Å². The van der Waals surface area contributed by atoms with Crippen molar-refractivity contribution in [2.75, 3.05) is 0 Å². The third kappa shape index (κ3) is 9.26. The van der Waals surface area contributed by atoms with E-state index in [2.05, 4.69) is 16.0 Å². The molecule has 11 heteroatoms. The summed E-state index contributed by atoms with van der Waals surface area (Å²) in [7, 11) is 1.87. The first kappa shape index (κ1) is 31.5. The number of carbonyl (C=O) groups excluding carboxylic acids is 4. The Morgan fingerprint density at radius 3 is 2.29 bits per heavy atom. The van der Waals surface area contributed by atoms with Gasteiger partial charge in [-0.05, 0) is 43.6 Å². The molecule has 1 fully saturated rings. The van der Waals surface area contributed by atoms with Gasteiger partial charge in [0.25, 0.3) is 5.84 Å². The summed E-state index contributed by atoms with van der Waals surface area (Å²) in [5, 5.41) is 14.2. The fraction of sp³-hybridized carbons (Fsp3) is 0.533. The summed E-state index contributed by atoms with van der Waals surface area (Å²) >= 11 is 0. The van der Waals surface area contributed by atoms with Crippen LogP contribution in [0.2, 0.25) is 0 Å². The van der Waals surface area contributed by atoms with Gasteiger partial charge in [-0.2, -0.15) is 0 Å². The highest BCUT2D eigenvalue weighted by molar-refractivity contribution is 5.94. The second-order valence-electron chi connectivity index (χ2n) is 11.4. The van der Waals surface area contributed by atoms with Gasteiger partial charge < -0.3 is 21.7 Å². The van der Waals surface area contributed by atoms with Crippen LogP contribution in [-0.2, 0) is 32.6 Å². The van der Waals surface area contributed by atoms with Crippen LogP contribution >= 0.6 is 0 Å². The maximum absolute atomic E-state index is 13.7. The number of nitrogens with two attached hydrogens (primary N) is 3. The molecule has 1 aromatic rings. The van der Waals surface area contributed by atoms with Crippen molar-refractivity contribution in [2.24, 2.45) is 30.4 Å². The Balaban J connectivity index is 1.80. The van der Waals surface area contributed by atoms with Crippen LogP contribution in [-0.4, -0.2) is 47.6 Å². The van der Waals surface area contributed by atoms with E-state index >= 15 is 0 Å². The molecule has 1 saturated carbocycles. The van der Waals surface area contributed by atoms with Crippen LogP contribution in [0.15, 0.2) is 47.8 Å². The number of allylic oxidation sites excluding steroid dienone is 2. The number of amides is 4. The van der Waals surface area contributed by atoms with E-state index in [1.165, 1.54) is 6.92 Å². The minimum absolute atomic E-state index is 0.0645. The van der Waals surface area contributed by atoms with Gasteiger partial charge >= 0.3 is 0 Å². The van der Waals surface area contributed by atoms with Gasteiger partial charge in [0, 0.05) is 30.5 Å². The van der Waals surface area contributed by atoms with E-state index in [9.17, 15) is 19.2 Å². The summed E-state index contributed by atoms with van der Waals surface area (Å²) in [6.07, 6.45) is 13.1. The van der Waals surface area contributed by atoms with Crippen LogP contribution in [0.1, 0.15) is 64.4 Å². The summed E-state index contributed by atoms with van der Waals surface area (Å²) in [6, 6.07) is 1.01. The number of nitrogens with zero attached hydrogens (tertiary/aromatic N) is 1. The van der Waals surface area contributed by atoms with Gasteiger partial charge in [0.1, 0.15) is 25.2 Å². The molecular formula is C30H45N7O4+2. The van der Waals surface area contributed by atoms with E-state index in [0.717, 1.165) is 48.8 Å². The number of amidine groups is 1. The molecule has 41 heavy (non-hydrogen) atoms. The summed E-state index contributed by atoms with van der Waals surface area (Å²) in [5.74, 6) is -1.69. The van der Waals surface area contributed by atoms with Gasteiger partial charge in [0.05, 0.1) is 0 Å². The number of aryl methyl sites for hydroxylation is 1. The van der Waals surface area contributed by atoms with Gasteiger partial charge in [-0.3, -0.25) is 30.3 Å². The molecule has 2 aliphatic rings. The van der Waals surface area contributed by atoms with Crippen molar-refractivity contribution in [2.45, 2.75) is 83.3 Å². The number of aromatic nitrogens is 1. The number of carbonyl (C=O) groups is 4. The van der Waals surface area contributed by atoms with Gasteiger partial charge in [-0.25, -0.2) is 4.57 Å². The van der Waals surface area contributed by atoms with Crippen LogP contribution in [0.5, 0.6) is 0 Å². The van der Waals surface area contributed by atoms with Crippen LogP contribution in [0, 0.1) is 11.8 Å². The average Bonchev–Trinajstić information content (AvgIpc) is 2.91. The van der Waals surface area contributed by atoms with Gasteiger partial charge in [-0.1, -0.05) is 43.9 Å². The molecule has 222 valence electrons. The Bertz CT molecular complexity index is 1220. The predicted molar refractivity (Wildman–Crippen MR) is 154 cm³/mol. The number of primary amides is 1. The minimum atomic E-state index is -0.944. The molecule has 0 aromatic carbocycles. The van der Waals surface area contributed by atoms with E-state index in [0.29, 0.717) is 6.42 Å². The lowest BCUT2D eigenvalue weighted by molar-refractivity contribution is -0.671. The van der Waals surface area contributed by atoms with Gasteiger partial charge in [0.2, 0.25) is 23.6 Å². The Morgan fingerprint density at radius 2 is 1.71 bits per heavy atom. The van der Waals surface area contributed by atoms with E-state index in [4.69, 9.17) is 16.9 Å². The number of hydrogen-bond acceptors (Lipinski definition) is 4. The fourth-order valence-electron chi connectivity index (χ4n) is 5.68. The van der Waals surface area contributed by atoms with Crippen molar-refractivity contribution >= 4 is 29.5 Å². The second kappa shape index (κ2) is 14.6. The molecule has 4 atom stereocenters. The number of hydrogen-bond donors (Lipinski definition) is 6. The smallest absolute Gasteiger partial charge is 0.266 e. The summed E-state index contributed by atoms with van der Waals surface area (Å²) < 4.78 is 1.85. The van der Waals surface area contributed by atoms with Crippen LogP contribution in [0.3, 0.4) is 0 Å². The zero-order valence-corrected chi connectivity index (χ0v) is 24.3. The van der Waals surface area contributed by atoms with Crippen LogP contribution < -0.4 is 37.4 Å². The Kier molecular flexibility index (Phi) is 11.2. The average molecular weight is 568 g/mol. The first-order valence-corrected chi connectivity index (χ1v) is 14.3. The van der Waals surface area contributed by atoms with Gasteiger partial charge in [-0.15, -0.1) is 0 Å². The molecule has 0 radical (unpaired) electrons. The molecule has 2 unspecified atom stereocenters. The highest BCUT2D eigenvalue weighted by Gasteiger charge is 2.35. The molecule has 9 N–H and O–H groups in total. The van der Waals surface area contributed by atoms with Crippen molar-refractivity contribution in [1.82, 2.24) is 16.0 Å². The maximum Gasteiger partial charge on any atom is 0.266 e. The Labute approximate surface area is 241 Å². The SMILES string of the molecule is CC(=O)N[C@@H](CC1=CC=C(C(N)=[NH2+])CC1C)C(=O)NC(C(=O)N[C@@H](Cc1ccc[n+](C)c1)C(N)=O)C1CCCCC1. The Morgan fingerprint density at radius 1 is 1.00 bits per heavy atom. The highest BCUT2D eigenvalue weighted by atomic mass is 16.2. The van der Waals surface area contributed by atoms with Crippen molar-refractivity contribution < 1.29 is 29.2 Å². The summed E-state index contributed by atoms with van der Waals surface area (Å²) in [4.78, 5) is 51.7. The minimum Gasteiger partial charge on any atom is -0.368 e. The third-order valence-electron chi connectivity index (χ3n) is 7.96. The number of rotatable bonds is 12. The summed E-state index contributed by atoms with van der Waals surface area (Å²) in [6.45, 7) is 3.37. The first-order chi connectivity index (χ1) is 19.4. The number of nitrogens with one attached hydrogen (secondary N) is 3. The van der Waals surface area contributed by atoms with Crippen molar-refractivity contribution in [1.29, 1.82) is 0 Å². The zero-order valence-electron chi connectivity index (χ0n) is 24.3. The van der Waals surface area contributed by atoms with E-state index in [1.54, 1.807) is 0 Å². The molecule has 0 bridgehead atoms. The molecule has 0 saturated heterocycles. The number of pyridine rings is 1. The van der Waals surface area contributed by atoms with E-state index in [-0.39, 0.29) is 36.4 Å². The highest BCUT2D eigenvalue weighted by Crippen LogP contribution is 2.29. The van der Waals surface area contributed by atoms with Gasteiger partial charge in [0.15, 0.2) is 12.4 Å². The standard InChI is InChI=1S/C30H43N7O4/c1-18-14-23(27(31)32)12-11-22(18)16-25(34-19(2)38)29(40)36-26(21-9-5-4-6-10-21)30(41)35-24(28(33)39)15-20-8-7-13-37(3)17-20/h7-8,11-13,17-18,21,24-26H,4-6,9-10,14-16H2,1-3H3,(H7-,31,32,33,34,35,36,38,39,40,41)/p+2/t18?,24-,25-,26?/m0/s1. The fourth-order valence-corrected chi connectivity index (χ4v) is 5.68. The largest absolute Gasteiger partial charge is 0.368 e. The summed E-state index contributed by atoms with van der Waals surface area (Å²) in [5.41, 5.74) is 14.1. The van der Waals surface area contributed by atoms with E-state index in [1.807, 2.05) is 55.2 Å². The van der Waals surface area contributed by atoms with Crippen LogP contribution in [0.25, 0.3) is 0 Å². The van der Waals surface area contributed by atoms with Crippen molar-refractivity contribution in [3.05, 3.63) is 53.4 Å². The monoisotopic (exact) mass is 567 g/mol. The molecule has 3 rings (SSSR count). The molecule has 0 spiro atoms. The molecule has 2 aliphatic carbocycles. The lowest BCUT2D eigenvalue weighted by Crippen LogP contribution is -2.59. The maximum atomic E-state index is 13.7. The van der Waals surface area contributed by atoms with E-state index < -0.39 is 35.8 Å². The Hall–Kier alpha value is -4.02. The van der Waals surface area contributed by atoms with Crippen molar-refractivity contribution in [3.8, 4) is 0 Å². The molecular weight excluding hydrogens is 522 g/mol. The predicted octanol–water partition coefficient (Wildman–Crippen LogP) is -1.01. The lowest BCUT2D eigenvalue weighted by Gasteiger charge is -2.32. The lowest BCUT2D eigenvalue weighted by atomic mass is 9.82. The first-order valence-electron chi connectivity index (χ1n) is 14.3. The van der Waals surface area contributed by atoms with Crippen molar-refractivity contribution in [3.63, 3.8) is 0 Å². The third-order valence-corrected chi connectivity index (χ3v) is 7.96.